The van der Waals surface area contributed by atoms with Crippen LogP contribution in [0.15, 0.2) is 30.3 Å². The summed E-state index contributed by atoms with van der Waals surface area (Å²) in [6, 6.07) is 12.1. The number of fused-ring (bicyclic) bond motifs is 2. The van der Waals surface area contributed by atoms with E-state index in [0.717, 1.165) is 6.04 Å². The Hall–Kier alpha value is -1.88. The van der Waals surface area contributed by atoms with Crippen LogP contribution in [0.2, 0.25) is 0 Å². The minimum atomic E-state index is -1.82. The van der Waals surface area contributed by atoms with Crippen molar-refractivity contribution in [3.63, 3.8) is 0 Å². The predicted octanol–water partition coefficient (Wildman–Crippen LogP) is 3.14. The van der Waals surface area contributed by atoms with Crippen LogP contribution < -0.4 is 0 Å². The fourth-order valence-electron chi connectivity index (χ4n) is 4.22. The molecule has 1 saturated carbocycles. The summed E-state index contributed by atoms with van der Waals surface area (Å²) >= 11 is 0. The number of carboxylic acids is 2. The van der Waals surface area contributed by atoms with Gasteiger partial charge in [0.15, 0.2) is 0 Å². The highest BCUT2D eigenvalue weighted by atomic mass is 16.4. The van der Waals surface area contributed by atoms with E-state index in [4.69, 9.17) is 19.8 Å². The molecule has 1 saturated heterocycles. The Morgan fingerprint density at radius 1 is 1.17 bits per heavy atom. The Balaban J connectivity index is 0.000000301. The number of rotatable bonds is 3. The van der Waals surface area contributed by atoms with E-state index in [-0.39, 0.29) is 0 Å². The van der Waals surface area contributed by atoms with Crippen molar-refractivity contribution in [2.24, 2.45) is 0 Å². The van der Waals surface area contributed by atoms with Gasteiger partial charge in [0.25, 0.3) is 0 Å². The molecule has 5 nitrogen and oxygen atoms in total. The second-order valence-corrected chi connectivity index (χ2v) is 6.79. The van der Waals surface area contributed by atoms with Gasteiger partial charge in [0.05, 0.1) is 0 Å². The highest BCUT2D eigenvalue weighted by Crippen LogP contribution is 2.48. The van der Waals surface area contributed by atoms with Crippen molar-refractivity contribution in [2.75, 3.05) is 13.1 Å². The highest BCUT2D eigenvalue weighted by molar-refractivity contribution is 6.27. The summed E-state index contributed by atoms with van der Waals surface area (Å²) in [6.07, 6.45) is 8.29. The lowest BCUT2D eigenvalue weighted by atomic mass is 9.75. The number of nitrogens with zero attached hydrogens (tertiary/aromatic N) is 1. The van der Waals surface area contributed by atoms with Crippen molar-refractivity contribution in [3.05, 3.63) is 35.9 Å². The fourth-order valence-corrected chi connectivity index (χ4v) is 4.22. The molecular formula is C19H27NO4. The average molecular weight is 333 g/mol. The van der Waals surface area contributed by atoms with E-state index in [1.165, 1.54) is 51.6 Å². The smallest absolute Gasteiger partial charge is 0.414 e. The molecule has 2 atom stereocenters. The first kappa shape index (κ1) is 18.5. The number of hydrogen-bond donors (Lipinski definition) is 2. The van der Waals surface area contributed by atoms with Crippen LogP contribution >= 0.6 is 0 Å². The first-order chi connectivity index (χ1) is 11.5. The van der Waals surface area contributed by atoms with Crippen LogP contribution in [0, 0.1) is 0 Å². The zero-order chi connectivity index (χ0) is 17.6. The van der Waals surface area contributed by atoms with Gasteiger partial charge in [-0.25, -0.2) is 9.59 Å². The lowest BCUT2D eigenvalue weighted by Gasteiger charge is -2.28. The van der Waals surface area contributed by atoms with E-state index >= 15 is 0 Å². The Morgan fingerprint density at radius 3 is 2.42 bits per heavy atom. The van der Waals surface area contributed by atoms with E-state index in [9.17, 15) is 0 Å². The molecule has 132 valence electrons. The Kier molecular flexibility index (Phi) is 6.37. The molecule has 1 heterocycles. The summed E-state index contributed by atoms with van der Waals surface area (Å²) in [4.78, 5) is 21.0. The van der Waals surface area contributed by atoms with Gasteiger partial charge in [-0.3, -0.25) is 0 Å². The first-order valence-electron chi connectivity index (χ1n) is 8.74. The minimum Gasteiger partial charge on any atom is -0.473 e. The molecule has 0 spiro atoms. The normalized spacial score (nSPS) is 26.1. The van der Waals surface area contributed by atoms with E-state index in [2.05, 4.69) is 42.2 Å². The summed E-state index contributed by atoms with van der Waals surface area (Å²) in [6.45, 7) is 4.94. The van der Waals surface area contributed by atoms with Crippen molar-refractivity contribution in [3.8, 4) is 0 Å². The Morgan fingerprint density at radius 2 is 1.83 bits per heavy atom. The molecule has 5 heteroatoms. The van der Waals surface area contributed by atoms with E-state index < -0.39 is 11.9 Å². The van der Waals surface area contributed by atoms with Crippen molar-refractivity contribution >= 4 is 11.9 Å². The van der Waals surface area contributed by atoms with Crippen molar-refractivity contribution in [2.45, 2.75) is 56.9 Å². The summed E-state index contributed by atoms with van der Waals surface area (Å²) < 4.78 is 0. The zero-order valence-electron chi connectivity index (χ0n) is 14.3. The average Bonchev–Trinajstić information content (AvgIpc) is 2.91. The molecule has 1 aromatic carbocycles. The first-order valence-corrected chi connectivity index (χ1v) is 8.74. The SMILES string of the molecule is CCCN1CCCC2(c3ccccc3)CCC1C2.O=C(O)C(=O)O. The number of aliphatic carboxylic acids is 2. The third-order valence-corrected chi connectivity index (χ3v) is 5.28. The van der Waals surface area contributed by atoms with Gasteiger partial charge in [-0.15, -0.1) is 0 Å². The molecule has 1 aliphatic carbocycles. The predicted molar refractivity (Wildman–Crippen MR) is 92.1 cm³/mol. The molecule has 2 fully saturated rings. The number of carboxylic acid groups (broad SMARTS) is 2. The van der Waals surface area contributed by atoms with Gasteiger partial charge in [0.1, 0.15) is 0 Å². The second kappa shape index (κ2) is 8.29. The molecule has 2 aliphatic rings. The van der Waals surface area contributed by atoms with Crippen LogP contribution in [0.3, 0.4) is 0 Å². The highest BCUT2D eigenvalue weighted by Gasteiger charge is 2.43. The molecule has 2 N–H and O–H groups in total. The second-order valence-electron chi connectivity index (χ2n) is 6.79. The lowest BCUT2D eigenvalue weighted by Crippen LogP contribution is -2.34. The van der Waals surface area contributed by atoms with Crippen LogP contribution in [0.5, 0.6) is 0 Å². The molecule has 24 heavy (non-hydrogen) atoms. The molecule has 0 aromatic heterocycles. The standard InChI is InChI=1S/C17H25N.C2H2O4/c1-2-12-18-13-6-10-17(11-9-16(18)14-17)15-7-4-3-5-8-15;3-1(4)2(5)6/h3-5,7-8,16H,2,6,9-14H2,1H3;(H,3,4)(H,5,6). The molecule has 1 aliphatic heterocycles. The van der Waals surface area contributed by atoms with Crippen LogP contribution in [-0.4, -0.2) is 46.2 Å². The molecule has 1 aromatic rings. The molecule has 2 unspecified atom stereocenters. The fraction of sp³-hybridized carbons (Fsp3) is 0.579. The Bertz CT molecular complexity index is 548. The third-order valence-electron chi connectivity index (χ3n) is 5.28. The van der Waals surface area contributed by atoms with Crippen molar-refractivity contribution in [1.29, 1.82) is 0 Å². The largest absolute Gasteiger partial charge is 0.473 e. The van der Waals surface area contributed by atoms with E-state index in [1.54, 1.807) is 5.56 Å². The quantitative estimate of drug-likeness (QED) is 0.831. The summed E-state index contributed by atoms with van der Waals surface area (Å²) in [5.74, 6) is -3.65. The van der Waals surface area contributed by atoms with Gasteiger partial charge >= 0.3 is 11.9 Å². The number of carbonyl (C=O) groups is 2. The van der Waals surface area contributed by atoms with Crippen molar-refractivity contribution < 1.29 is 19.8 Å². The van der Waals surface area contributed by atoms with Gasteiger partial charge in [0, 0.05) is 6.04 Å². The number of hydrogen-bond acceptors (Lipinski definition) is 3. The maximum absolute atomic E-state index is 9.10. The summed E-state index contributed by atoms with van der Waals surface area (Å²) in [7, 11) is 0. The Labute approximate surface area is 143 Å². The van der Waals surface area contributed by atoms with Gasteiger partial charge in [0.2, 0.25) is 0 Å². The van der Waals surface area contributed by atoms with Gasteiger partial charge < -0.3 is 15.1 Å². The molecule has 0 amide bonds. The number of benzene rings is 1. The van der Waals surface area contributed by atoms with Gasteiger partial charge in [-0.05, 0) is 62.6 Å². The molecular weight excluding hydrogens is 306 g/mol. The third kappa shape index (κ3) is 4.35. The summed E-state index contributed by atoms with van der Waals surface area (Å²) in [5.41, 5.74) is 2.11. The van der Waals surface area contributed by atoms with Gasteiger partial charge in [-0.2, -0.15) is 0 Å². The van der Waals surface area contributed by atoms with E-state index in [0.29, 0.717) is 5.41 Å². The lowest BCUT2D eigenvalue weighted by molar-refractivity contribution is -0.159. The van der Waals surface area contributed by atoms with Gasteiger partial charge in [-0.1, -0.05) is 37.3 Å². The van der Waals surface area contributed by atoms with E-state index in [1.807, 2.05) is 0 Å². The van der Waals surface area contributed by atoms with Crippen LogP contribution in [0.1, 0.15) is 51.0 Å². The number of likely N-dealkylation sites (tertiary alicyclic amines) is 1. The molecule has 3 rings (SSSR count). The molecule has 0 radical (unpaired) electrons. The van der Waals surface area contributed by atoms with Crippen LogP contribution in [0.4, 0.5) is 0 Å². The topological polar surface area (TPSA) is 77.8 Å². The zero-order valence-corrected chi connectivity index (χ0v) is 14.3. The monoisotopic (exact) mass is 333 g/mol. The van der Waals surface area contributed by atoms with Crippen molar-refractivity contribution in [1.82, 2.24) is 4.90 Å². The molecule has 2 bridgehead atoms. The maximum Gasteiger partial charge on any atom is 0.414 e. The maximum atomic E-state index is 9.10. The summed E-state index contributed by atoms with van der Waals surface area (Å²) in [5, 5.41) is 14.8. The van der Waals surface area contributed by atoms with Crippen LogP contribution in [-0.2, 0) is 15.0 Å². The minimum absolute atomic E-state index is 0.508. The van der Waals surface area contributed by atoms with Crippen LogP contribution in [0.25, 0.3) is 0 Å².